The Balaban J connectivity index is 2.62. The molecule has 5 heteroatoms. The predicted octanol–water partition coefficient (Wildman–Crippen LogP) is 3.99. The van der Waals surface area contributed by atoms with Crippen molar-refractivity contribution in [3.63, 3.8) is 0 Å². The Bertz CT molecular complexity index is 617. The summed E-state index contributed by atoms with van der Waals surface area (Å²) in [5, 5.41) is 2.95. The fourth-order valence-corrected chi connectivity index (χ4v) is 2.58. The molecule has 0 fully saturated rings. The Kier molecular flexibility index (Phi) is 4.83. The third kappa shape index (κ3) is 2.74. The van der Waals surface area contributed by atoms with E-state index in [-0.39, 0.29) is 10.0 Å². The van der Waals surface area contributed by atoms with Gasteiger partial charge in [0, 0.05) is 11.8 Å². The van der Waals surface area contributed by atoms with Crippen LogP contribution in [0.5, 0.6) is 0 Å². The molecular weight excluding hydrogens is 326 g/mol. The van der Waals surface area contributed by atoms with Gasteiger partial charge in [-0.15, -0.1) is 0 Å². The fourth-order valence-electron chi connectivity index (χ4n) is 2.23. The summed E-state index contributed by atoms with van der Waals surface area (Å²) in [5.41, 5.74) is 1.59. The molecular formula is C15H15BrF2N2. The van der Waals surface area contributed by atoms with Crippen molar-refractivity contribution in [3.8, 4) is 0 Å². The van der Waals surface area contributed by atoms with Crippen molar-refractivity contribution < 1.29 is 8.78 Å². The van der Waals surface area contributed by atoms with Crippen LogP contribution in [0.4, 0.5) is 8.78 Å². The van der Waals surface area contributed by atoms with E-state index >= 15 is 0 Å². The fraction of sp³-hybridized carbons (Fsp3) is 0.267. The van der Waals surface area contributed by atoms with Crippen LogP contribution in [0.1, 0.15) is 29.8 Å². The maximum Gasteiger partial charge on any atom is 0.145 e. The van der Waals surface area contributed by atoms with Crippen LogP contribution in [0.25, 0.3) is 0 Å². The van der Waals surface area contributed by atoms with Gasteiger partial charge in [0.2, 0.25) is 0 Å². The van der Waals surface area contributed by atoms with Crippen LogP contribution in [-0.2, 0) is 6.42 Å². The summed E-state index contributed by atoms with van der Waals surface area (Å²) in [6.45, 7) is 1.99. The highest BCUT2D eigenvalue weighted by Gasteiger charge is 2.24. The Morgan fingerprint density at radius 1 is 1.30 bits per heavy atom. The van der Waals surface area contributed by atoms with E-state index in [2.05, 4.69) is 26.2 Å². The molecule has 0 aliphatic heterocycles. The van der Waals surface area contributed by atoms with Crippen LogP contribution >= 0.6 is 15.9 Å². The van der Waals surface area contributed by atoms with Gasteiger partial charge in [-0.1, -0.05) is 13.0 Å². The number of benzene rings is 1. The number of nitrogens with zero attached hydrogens (tertiary/aromatic N) is 1. The van der Waals surface area contributed by atoms with Crippen LogP contribution in [-0.4, -0.2) is 12.0 Å². The van der Waals surface area contributed by atoms with E-state index in [0.29, 0.717) is 5.69 Å². The van der Waals surface area contributed by atoms with Crippen molar-refractivity contribution in [2.45, 2.75) is 19.4 Å². The van der Waals surface area contributed by atoms with Gasteiger partial charge in [-0.3, -0.25) is 4.98 Å². The number of rotatable bonds is 4. The Morgan fingerprint density at radius 3 is 2.70 bits per heavy atom. The van der Waals surface area contributed by atoms with E-state index in [0.717, 1.165) is 12.0 Å². The van der Waals surface area contributed by atoms with Crippen LogP contribution in [0, 0.1) is 11.6 Å². The average Bonchev–Trinajstić information content (AvgIpc) is 2.47. The van der Waals surface area contributed by atoms with E-state index in [4.69, 9.17) is 0 Å². The van der Waals surface area contributed by atoms with Crippen molar-refractivity contribution >= 4 is 15.9 Å². The SMILES string of the molecule is CCc1cccnc1C(NC)c1c(F)ccc(Br)c1F. The van der Waals surface area contributed by atoms with Crippen LogP contribution in [0.15, 0.2) is 34.9 Å². The lowest BCUT2D eigenvalue weighted by atomic mass is 9.97. The summed E-state index contributed by atoms with van der Waals surface area (Å²) in [4.78, 5) is 4.30. The van der Waals surface area contributed by atoms with E-state index in [1.807, 2.05) is 19.1 Å². The summed E-state index contributed by atoms with van der Waals surface area (Å²) in [5.74, 6) is -1.19. The molecule has 106 valence electrons. The van der Waals surface area contributed by atoms with Gasteiger partial charge < -0.3 is 5.32 Å². The maximum absolute atomic E-state index is 14.3. The van der Waals surface area contributed by atoms with Gasteiger partial charge in [0.1, 0.15) is 11.6 Å². The molecule has 0 radical (unpaired) electrons. The molecule has 0 aliphatic carbocycles. The number of halogens is 3. The summed E-state index contributed by atoms with van der Waals surface area (Å²) >= 11 is 3.10. The quantitative estimate of drug-likeness (QED) is 0.851. The molecule has 0 amide bonds. The molecule has 1 aromatic heterocycles. The Labute approximate surface area is 125 Å². The van der Waals surface area contributed by atoms with Gasteiger partial charge in [-0.2, -0.15) is 0 Å². The first-order valence-corrected chi connectivity index (χ1v) is 7.13. The van der Waals surface area contributed by atoms with Gasteiger partial charge in [0.05, 0.1) is 16.2 Å². The molecule has 0 spiro atoms. The van der Waals surface area contributed by atoms with Crippen molar-refractivity contribution in [2.75, 3.05) is 7.05 Å². The second-order valence-corrected chi connectivity index (χ2v) is 5.23. The summed E-state index contributed by atoms with van der Waals surface area (Å²) < 4.78 is 28.6. The third-order valence-corrected chi connectivity index (χ3v) is 3.85. The van der Waals surface area contributed by atoms with Crippen molar-refractivity contribution in [2.24, 2.45) is 0 Å². The van der Waals surface area contributed by atoms with E-state index < -0.39 is 17.7 Å². The smallest absolute Gasteiger partial charge is 0.145 e. The van der Waals surface area contributed by atoms with Gasteiger partial charge in [-0.25, -0.2) is 8.78 Å². The van der Waals surface area contributed by atoms with Crippen LogP contribution in [0.2, 0.25) is 0 Å². The minimum absolute atomic E-state index is 0.0183. The van der Waals surface area contributed by atoms with Crippen molar-refractivity contribution in [1.82, 2.24) is 10.3 Å². The molecule has 0 saturated carbocycles. The van der Waals surface area contributed by atoms with Crippen LogP contribution < -0.4 is 5.32 Å². The monoisotopic (exact) mass is 340 g/mol. The number of hydrogen-bond acceptors (Lipinski definition) is 2. The second-order valence-electron chi connectivity index (χ2n) is 4.38. The summed E-state index contributed by atoms with van der Waals surface area (Å²) in [6.07, 6.45) is 2.38. The Morgan fingerprint density at radius 2 is 2.05 bits per heavy atom. The molecule has 1 aromatic carbocycles. The zero-order valence-corrected chi connectivity index (χ0v) is 12.8. The number of pyridine rings is 1. The highest BCUT2D eigenvalue weighted by Crippen LogP contribution is 2.31. The van der Waals surface area contributed by atoms with Crippen molar-refractivity contribution in [3.05, 3.63) is 63.4 Å². The molecule has 2 aromatic rings. The third-order valence-electron chi connectivity index (χ3n) is 3.24. The molecule has 1 atom stereocenters. The molecule has 1 N–H and O–H groups in total. The predicted molar refractivity (Wildman–Crippen MR) is 78.6 cm³/mol. The second kappa shape index (κ2) is 6.41. The Hall–Kier alpha value is -1.33. The minimum Gasteiger partial charge on any atom is -0.308 e. The maximum atomic E-state index is 14.3. The standard InChI is InChI=1S/C15H15BrF2N2/c1-3-9-5-4-8-20-14(9)15(19-2)12-11(17)7-6-10(16)13(12)18/h4-8,15,19H,3H2,1-2H3. The van der Waals surface area contributed by atoms with Gasteiger partial charge in [0.25, 0.3) is 0 Å². The normalized spacial score (nSPS) is 12.4. The summed E-state index contributed by atoms with van der Waals surface area (Å²) in [6, 6.07) is 5.73. The van der Waals surface area contributed by atoms with Crippen LogP contribution in [0.3, 0.4) is 0 Å². The zero-order chi connectivity index (χ0) is 14.7. The first kappa shape index (κ1) is 15.1. The van der Waals surface area contributed by atoms with Gasteiger partial charge >= 0.3 is 0 Å². The van der Waals surface area contributed by atoms with Gasteiger partial charge in [-0.05, 0) is 53.2 Å². The largest absolute Gasteiger partial charge is 0.308 e. The summed E-state index contributed by atoms with van der Waals surface area (Å²) in [7, 11) is 1.67. The highest BCUT2D eigenvalue weighted by atomic mass is 79.9. The molecule has 0 aliphatic rings. The van der Waals surface area contributed by atoms with E-state index in [1.54, 1.807) is 13.2 Å². The average molecular weight is 341 g/mol. The number of nitrogens with one attached hydrogen (secondary N) is 1. The van der Waals surface area contributed by atoms with E-state index in [9.17, 15) is 8.78 Å². The first-order chi connectivity index (χ1) is 9.60. The molecule has 1 heterocycles. The molecule has 0 saturated heterocycles. The molecule has 2 nitrogen and oxygen atoms in total. The molecule has 2 rings (SSSR count). The van der Waals surface area contributed by atoms with Gasteiger partial charge in [0.15, 0.2) is 0 Å². The molecule has 0 bridgehead atoms. The lowest BCUT2D eigenvalue weighted by molar-refractivity contribution is 0.513. The van der Waals surface area contributed by atoms with E-state index in [1.165, 1.54) is 12.1 Å². The lowest BCUT2D eigenvalue weighted by Gasteiger charge is -2.20. The first-order valence-electron chi connectivity index (χ1n) is 6.34. The minimum atomic E-state index is -0.622. The number of hydrogen-bond donors (Lipinski definition) is 1. The number of aryl methyl sites for hydroxylation is 1. The zero-order valence-electron chi connectivity index (χ0n) is 11.3. The molecule has 20 heavy (non-hydrogen) atoms. The molecule has 1 unspecified atom stereocenters. The van der Waals surface area contributed by atoms with Crippen molar-refractivity contribution in [1.29, 1.82) is 0 Å². The highest BCUT2D eigenvalue weighted by molar-refractivity contribution is 9.10. The topological polar surface area (TPSA) is 24.9 Å². The number of aromatic nitrogens is 1. The lowest BCUT2D eigenvalue weighted by Crippen LogP contribution is -2.23.